The third-order valence-corrected chi connectivity index (χ3v) is 3.23. The van der Waals surface area contributed by atoms with Crippen molar-refractivity contribution in [2.24, 2.45) is 0 Å². The number of nitrogens with one attached hydrogen (secondary N) is 1. The predicted octanol–water partition coefficient (Wildman–Crippen LogP) is 2.39. The zero-order chi connectivity index (χ0) is 13.6. The summed E-state index contributed by atoms with van der Waals surface area (Å²) in [4.78, 5) is 8.23. The average Bonchev–Trinajstić information content (AvgIpc) is 3.00. The number of aromatic nitrogens is 2. The van der Waals surface area contributed by atoms with Crippen LogP contribution in [0, 0.1) is 0 Å². The molecule has 2 aromatic heterocycles. The van der Waals surface area contributed by atoms with Crippen LogP contribution in [0.1, 0.15) is 17.5 Å². The molecule has 1 aliphatic rings. The van der Waals surface area contributed by atoms with Gasteiger partial charge in [0.25, 0.3) is 0 Å². The van der Waals surface area contributed by atoms with Crippen molar-refractivity contribution >= 4 is 12.2 Å². The van der Waals surface area contributed by atoms with Crippen molar-refractivity contribution in [3.8, 4) is 5.75 Å². The molecule has 3 rings (SSSR count). The summed E-state index contributed by atoms with van der Waals surface area (Å²) in [6, 6.07) is 5.95. The highest BCUT2D eigenvalue weighted by molar-refractivity contribution is 5.69. The fourth-order valence-electron chi connectivity index (χ4n) is 2.18. The average molecular weight is 267 g/mol. The fraction of sp³-hybridized carbons (Fsp3) is 0.250. The van der Waals surface area contributed by atoms with Crippen LogP contribution in [0.3, 0.4) is 0 Å². The largest absolute Gasteiger partial charge is 0.487 e. The number of hydrogen-bond acceptors (Lipinski definition) is 4. The smallest absolute Gasteiger partial charge is 0.138 e. The highest BCUT2D eigenvalue weighted by Crippen LogP contribution is 2.17. The lowest BCUT2D eigenvalue weighted by Gasteiger charge is -2.12. The van der Waals surface area contributed by atoms with Crippen molar-refractivity contribution < 1.29 is 4.74 Å². The van der Waals surface area contributed by atoms with E-state index in [-0.39, 0.29) is 6.10 Å². The molecule has 0 amide bonds. The lowest BCUT2D eigenvalue weighted by atomic mass is 10.2. The van der Waals surface area contributed by atoms with E-state index in [4.69, 9.17) is 4.74 Å². The normalized spacial score (nSPS) is 18.5. The maximum Gasteiger partial charge on any atom is 0.138 e. The minimum atomic E-state index is 0.260. The van der Waals surface area contributed by atoms with Crippen LogP contribution in [-0.2, 0) is 0 Å². The standard InChI is InChI=1S/C16H17N3O/c1(13-3-6-17-7-4-13)2-14-9-16(12-19-10-14)20-15-5-8-18-11-15/h1-4,6-7,9-10,12,15,18H,5,8,11H2/b2-1+/t15-/m0/s1. The molecule has 1 aliphatic heterocycles. The van der Waals surface area contributed by atoms with Gasteiger partial charge in [-0.2, -0.15) is 0 Å². The SMILES string of the molecule is C(=C\c1cncc(O[C@H]2CCNC2)c1)/c1ccncc1. The van der Waals surface area contributed by atoms with Crippen molar-refractivity contribution in [2.75, 3.05) is 13.1 Å². The Bertz CT molecular complexity index is 577. The van der Waals surface area contributed by atoms with Crippen LogP contribution in [0.4, 0.5) is 0 Å². The summed E-state index contributed by atoms with van der Waals surface area (Å²) < 4.78 is 5.90. The topological polar surface area (TPSA) is 47.0 Å². The number of hydrogen-bond donors (Lipinski definition) is 1. The van der Waals surface area contributed by atoms with E-state index in [1.807, 2.05) is 36.5 Å². The molecule has 2 aromatic rings. The molecule has 0 unspecified atom stereocenters. The molecule has 0 aliphatic carbocycles. The molecule has 0 spiro atoms. The fourth-order valence-corrected chi connectivity index (χ4v) is 2.18. The third kappa shape index (κ3) is 3.42. The van der Waals surface area contributed by atoms with Gasteiger partial charge in [-0.15, -0.1) is 0 Å². The summed E-state index contributed by atoms with van der Waals surface area (Å²) in [6.45, 7) is 1.94. The molecular weight excluding hydrogens is 250 g/mol. The quantitative estimate of drug-likeness (QED) is 0.924. The lowest BCUT2D eigenvalue weighted by molar-refractivity contribution is 0.222. The van der Waals surface area contributed by atoms with Gasteiger partial charge in [-0.25, -0.2) is 0 Å². The molecule has 0 bridgehead atoms. The first-order valence-electron chi connectivity index (χ1n) is 6.81. The second-order valence-electron chi connectivity index (χ2n) is 4.80. The van der Waals surface area contributed by atoms with Crippen molar-refractivity contribution in [1.29, 1.82) is 0 Å². The van der Waals surface area contributed by atoms with Crippen LogP contribution >= 0.6 is 0 Å². The van der Waals surface area contributed by atoms with Gasteiger partial charge in [-0.3, -0.25) is 9.97 Å². The van der Waals surface area contributed by atoms with Crippen LogP contribution in [0.2, 0.25) is 0 Å². The molecule has 1 N–H and O–H groups in total. The molecule has 0 radical (unpaired) electrons. The summed E-state index contributed by atoms with van der Waals surface area (Å²) in [5, 5.41) is 3.29. The molecule has 1 atom stereocenters. The summed E-state index contributed by atoms with van der Waals surface area (Å²) in [7, 11) is 0. The molecule has 20 heavy (non-hydrogen) atoms. The minimum Gasteiger partial charge on any atom is -0.487 e. The van der Waals surface area contributed by atoms with E-state index >= 15 is 0 Å². The van der Waals surface area contributed by atoms with Crippen LogP contribution in [0.15, 0.2) is 43.0 Å². The van der Waals surface area contributed by atoms with Crippen molar-refractivity contribution in [3.63, 3.8) is 0 Å². The molecule has 1 fully saturated rings. The maximum absolute atomic E-state index is 5.90. The van der Waals surface area contributed by atoms with Gasteiger partial charge in [0.1, 0.15) is 11.9 Å². The zero-order valence-corrected chi connectivity index (χ0v) is 11.2. The van der Waals surface area contributed by atoms with Crippen molar-refractivity contribution in [1.82, 2.24) is 15.3 Å². The monoisotopic (exact) mass is 267 g/mol. The zero-order valence-electron chi connectivity index (χ0n) is 11.2. The van der Waals surface area contributed by atoms with Gasteiger partial charge >= 0.3 is 0 Å². The summed E-state index contributed by atoms with van der Waals surface area (Å²) in [6.07, 6.45) is 12.5. The Hall–Kier alpha value is -2.20. The Morgan fingerprint density at radius 1 is 1.10 bits per heavy atom. The van der Waals surface area contributed by atoms with Crippen molar-refractivity contribution in [3.05, 3.63) is 54.1 Å². The second-order valence-corrected chi connectivity index (χ2v) is 4.80. The number of ether oxygens (including phenoxy) is 1. The van der Waals surface area contributed by atoms with E-state index in [0.717, 1.165) is 36.4 Å². The van der Waals surface area contributed by atoms with Gasteiger partial charge in [-0.1, -0.05) is 12.2 Å². The Morgan fingerprint density at radius 3 is 2.75 bits per heavy atom. The number of pyridine rings is 2. The summed E-state index contributed by atoms with van der Waals surface area (Å²) >= 11 is 0. The number of rotatable bonds is 4. The third-order valence-electron chi connectivity index (χ3n) is 3.23. The first-order valence-corrected chi connectivity index (χ1v) is 6.81. The highest BCUT2D eigenvalue weighted by Gasteiger charge is 2.15. The van der Waals surface area contributed by atoms with Crippen LogP contribution in [-0.4, -0.2) is 29.2 Å². The Morgan fingerprint density at radius 2 is 1.95 bits per heavy atom. The van der Waals surface area contributed by atoms with E-state index in [9.17, 15) is 0 Å². The second kappa shape index (κ2) is 6.30. The molecule has 1 saturated heterocycles. The van der Waals surface area contributed by atoms with Crippen LogP contribution < -0.4 is 10.1 Å². The Labute approximate surface area is 118 Å². The van der Waals surface area contributed by atoms with Crippen molar-refractivity contribution in [2.45, 2.75) is 12.5 Å². The molecule has 4 nitrogen and oxygen atoms in total. The minimum absolute atomic E-state index is 0.260. The first-order chi connectivity index (χ1) is 9.90. The van der Waals surface area contributed by atoms with Crippen LogP contribution in [0.25, 0.3) is 12.2 Å². The first kappa shape index (κ1) is 12.8. The van der Waals surface area contributed by atoms with Gasteiger partial charge in [0.05, 0.1) is 6.20 Å². The Balaban J connectivity index is 1.69. The number of nitrogens with zero attached hydrogens (tertiary/aromatic N) is 2. The summed E-state index contributed by atoms with van der Waals surface area (Å²) in [5.74, 6) is 0.829. The van der Waals surface area contributed by atoms with E-state index in [1.165, 1.54) is 0 Å². The molecule has 0 aromatic carbocycles. The van der Waals surface area contributed by atoms with E-state index < -0.39 is 0 Å². The Kier molecular flexibility index (Phi) is 4.04. The molecule has 102 valence electrons. The van der Waals surface area contributed by atoms with Gasteiger partial charge in [-0.05, 0) is 42.3 Å². The molecular formula is C16H17N3O. The van der Waals surface area contributed by atoms with Crippen LogP contribution in [0.5, 0.6) is 5.75 Å². The summed E-state index contributed by atoms with van der Waals surface area (Å²) in [5.41, 5.74) is 2.15. The predicted molar refractivity (Wildman–Crippen MR) is 79.3 cm³/mol. The molecule has 0 saturated carbocycles. The molecule has 4 heteroatoms. The maximum atomic E-state index is 5.90. The van der Waals surface area contributed by atoms with E-state index in [0.29, 0.717) is 0 Å². The van der Waals surface area contributed by atoms with Gasteiger partial charge < -0.3 is 10.1 Å². The van der Waals surface area contributed by atoms with Gasteiger partial charge in [0.2, 0.25) is 0 Å². The lowest BCUT2D eigenvalue weighted by Crippen LogP contribution is -2.19. The van der Waals surface area contributed by atoms with Gasteiger partial charge in [0.15, 0.2) is 0 Å². The highest BCUT2D eigenvalue weighted by atomic mass is 16.5. The molecule has 3 heterocycles. The van der Waals surface area contributed by atoms with Gasteiger partial charge in [0, 0.05) is 25.1 Å². The van der Waals surface area contributed by atoms with E-state index in [1.54, 1.807) is 18.6 Å². The van der Waals surface area contributed by atoms with E-state index in [2.05, 4.69) is 15.3 Å².